The summed E-state index contributed by atoms with van der Waals surface area (Å²) in [4.78, 5) is 35.4. The highest BCUT2D eigenvalue weighted by molar-refractivity contribution is 7.47. The molecule has 2 unspecified atom stereocenters. The smallest absolute Gasteiger partial charge is 0.462 e. The molecule has 0 saturated carbocycles. The van der Waals surface area contributed by atoms with Crippen LogP contribution >= 0.6 is 7.82 Å². The van der Waals surface area contributed by atoms with Crippen LogP contribution in [0.1, 0.15) is 284 Å². The summed E-state index contributed by atoms with van der Waals surface area (Å²) in [6, 6.07) is 0. The minimum Gasteiger partial charge on any atom is -0.462 e. The number of phosphoric acid groups is 1. The number of esters is 2. The van der Waals surface area contributed by atoms with Crippen LogP contribution < -0.4 is 5.73 Å². The molecule has 0 bridgehead atoms. The summed E-state index contributed by atoms with van der Waals surface area (Å²) in [6.07, 6.45) is 99.3. The molecule has 0 aromatic heterocycles. The fourth-order valence-electron chi connectivity index (χ4n) is 9.23. The predicted octanol–water partition coefficient (Wildman–Crippen LogP) is 22.6. The Kier molecular flexibility index (Phi) is 65.7. The SMILES string of the molecule is CC/C=C\C/C=C\C/C=C\C/C=C\C/C=C\C/C=C\C/C=C\CCCCCCCCCCCCCCCCCC(=O)OC(COC(=O)CCCCCCCCCCCCC/C=C\C/C=C\C/C=C\C/C=C\C/C=C\CC)COP(=O)(O)OCCN. The van der Waals surface area contributed by atoms with E-state index in [0.717, 1.165) is 128 Å². The highest BCUT2D eigenvalue weighted by atomic mass is 31.2. The lowest BCUT2D eigenvalue weighted by Gasteiger charge is -2.19. The van der Waals surface area contributed by atoms with E-state index in [1.807, 2.05) is 0 Å². The lowest BCUT2D eigenvalue weighted by molar-refractivity contribution is -0.161. The first-order chi connectivity index (χ1) is 41.8. The van der Waals surface area contributed by atoms with Gasteiger partial charge in [-0.25, -0.2) is 4.57 Å². The summed E-state index contributed by atoms with van der Waals surface area (Å²) in [5.74, 6) is -0.832. The first-order valence-electron chi connectivity index (χ1n) is 34.3. The molecule has 0 spiro atoms. The quantitative estimate of drug-likeness (QED) is 0.0264. The fourth-order valence-corrected chi connectivity index (χ4v) is 10.00. The van der Waals surface area contributed by atoms with Gasteiger partial charge in [-0.1, -0.05) is 301 Å². The first kappa shape index (κ1) is 80.9. The molecule has 0 heterocycles. The normalized spacial score (nSPS) is 13.9. The van der Waals surface area contributed by atoms with Crippen molar-refractivity contribution in [1.82, 2.24) is 0 Å². The predicted molar refractivity (Wildman–Crippen MR) is 367 cm³/mol. The van der Waals surface area contributed by atoms with Gasteiger partial charge in [-0.3, -0.25) is 18.6 Å². The van der Waals surface area contributed by atoms with Gasteiger partial charge in [0.15, 0.2) is 6.10 Å². The molecular weight excluding hydrogens is 1070 g/mol. The number of carbonyl (C=O) groups is 2. The summed E-state index contributed by atoms with van der Waals surface area (Å²) in [5, 5.41) is 0. The summed E-state index contributed by atoms with van der Waals surface area (Å²) in [7, 11) is -4.40. The Morgan fingerprint density at radius 1 is 0.353 bits per heavy atom. The van der Waals surface area contributed by atoms with Gasteiger partial charge in [0.25, 0.3) is 0 Å². The number of rotatable bonds is 63. The number of nitrogens with two attached hydrogens (primary N) is 1. The van der Waals surface area contributed by atoms with Crippen LogP contribution in [0.3, 0.4) is 0 Å². The molecule has 484 valence electrons. The highest BCUT2D eigenvalue weighted by Crippen LogP contribution is 2.43. The minimum absolute atomic E-state index is 0.0475. The zero-order valence-corrected chi connectivity index (χ0v) is 55.2. The molecule has 85 heavy (non-hydrogen) atoms. The van der Waals surface area contributed by atoms with E-state index in [9.17, 15) is 19.0 Å². The number of carbonyl (C=O) groups excluding carboxylic acids is 2. The van der Waals surface area contributed by atoms with Crippen molar-refractivity contribution in [2.75, 3.05) is 26.4 Å². The molecule has 10 heteroatoms. The zero-order chi connectivity index (χ0) is 61.6. The Bertz CT molecular complexity index is 1900. The Balaban J connectivity index is 3.92. The van der Waals surface area contributed by atoms with Gasteiger partial charge < -0.3 is 20.1 Å². The van der Waals surface area contributed by atoms with E-state index in [4.69, 9.17) is 24.3 Å². The van der Waals surface area contributed by atoms with Gasteiger partial charge in [-0.05, 0) is 116 Å². The molecule has 0 amide bonds. The van der Waals surface area contributed by atoms with Crippen molar-refractivity contribution in [3.05, 3.63) is 146 Å². The number of ether oxygens (including phenoxy) is 2. The molecule has 0 aliphatic heterocycles. The largest absolute Gasteiger partial charge is 0.472 e. The van der Waals surface area contributed by atoms with Crippen LogP contribution in [0.5, 0.6) is 0 Å². The average Bonchev–Trinajstić information content (AvgIpc) is 3.52. The van der Waals surface area contributed by atoms with Crippen molar-refractivity contribution in [1.29, 1.82) is 0 Å². The second kappa shape index (κ2) is 69.0. The maximum absolute atomic E-state index is 12.8. The third-order valence-corrected chi connectivity index (χ3v) is 15.2. The summed E-state index contributed by atoms with van der Waals surface area (Å²) in [5.41, 5.74) is 5.40. The third kappa shape index (κ3) is 68.9. The number of allylic oxidation sites excluding steroid dienone is 24. The maximum Gasteiger partial charge on any atom is 0.472 e. The van der Waals surface area contributed by atoms with Crippen LogP contribution in [0, 0.1) is 0 Å². The monoisotopic (exact) mass is 1200 g/mol. The van der Waals surface area contributed by atoms with E-state index in [-0.39, 0.29) is 38.6 Å². The molecular formula is C75H126NO8P. The number of unbranched alkanes of at least 4 members (excludes halogenated alkanes) is 26. The van der Waals surface area contributed by atoms with Crippen LogP contribution in [0.4, 0.5) is 0 Å². The Labute approximate surface area is 522 Å². The molecule has 0 saturated heterocycles. The van der Waals surface area contributed by atoms with E-state index < -0.39 is 26.5 Å². The topological polar surface area (TPSA) is 134 Å². The molecule has 2 atom stereocenters. The zero-order valence-electron chi connectivity index (χ0n) is 54.3. The number of hydrogen-bond donors (Lipinski definition) is 2. The van der Waals surface area contributed by atoms with Crippen LogP contribution in [0.15, 0.2) is 146 Å². The van der Waals surface area contributed by atoms with E-state index >= 15 is 0 Å². The molecule has 0 aliphatic rings. The van der Waals surface area contributed by atoms with Crippen LogP contribution in [-0.2, 0) is 32.7 Å². The van der Waals surface area contributed by atoms with Crippen molar-refractivity contribution in [3.63, 3.8) is 0 Å². The Morgan fingerprint density at radius 3 is 0.906 bits per heavy atom. The van der Waals surface area contributed by atoms with Crippen LogP contribution in [0.2, 0.25) is 0 Å². The lowest BCUT2D eigenvalue weighted by atomic mass is 10.0. The Hall–Kier alpha value is -4.11. The minimum atomic E-state index is -4.40. The standard InChI is InChI=1S/C75H126NO8P/c1-3-5-7-9-11-13-15-17-19-21-23-25-27-29-31-32-33-34-35-36-37-38-39-40-42-44-46-48-50-52-54-56-58-60-62-64-66-68-75(78)84-73(72-83-85(79,80)82-70-69-76)71-81-74(77)67-65-63-61-59-57-55-53-51-49-47-45-43-41-30-28-26-24-22-20-18-16-14-12-10-8-6-4-2/h5-8,11-14,17-20,23-26,29-31,33-34,36-37,41,73H,3-4,9-10,15-16,21-22,27-28,32,35,38-40,42-72,76H2,1-2H3,(H,79,80)/b7-5-,8-6-,13-11-,14-12-,19-17-,20-18-,25-23-,26-24-,31-29-,34-33-,37-36-,41-30-. The van der Waals surface area contributed by atoms with Crippen molar-refractivity contribution in [3.8, 4) is 0 Å². The van der Waals surface area contributed by atoms with Crippen LogP contribution in [-0.4, -0.2) is 49.3 Å². The van der Waals surface area contributed by atoms with Crippen molar-refractivity contribution < 1.29 is 37.6 Å². The van der Waals surface area contributed by atoms with Crippen molar-refractivity contribution >= 4 is 19.8 Å². The molecule has 9 nitrogen and oxygen atoms in total. The Morgan fingerprint density at radius 2 is 0.612 bits per heavy atom. The average molecular weight is 1200 g/mol. The van der Waals surface area contributed by atoms with E-state index in [0.29, 0.717) is 6.42 Å². The van der Waals surface area contributed by atoms with Gasteiger partial charge >= 0.3 is 19.8 Å². The van der Waals surface area contributed by atoms with E-state index in [2.05, 4.69) is 160 Å². The molecule has 0 aromatic rings. The second-order valence-corrected chi connectivity index (χ2v) is 23.7. The van der Waals surface area contributed by atoms with E-state index in [1.165, 1.54) is 122 Å². The van der Waals surface area contributed by atoms with Gasteiger partial charge in [0.05, 0.1) is 13.2 Å². The first-order valence-corrected chi connectivity index (χ1v) is 35.8. The summed E-state index contributed by atoms with van der Waals surface area (Å²) < 4.78 is 33.2. The van der Waals surface area contributed by atoms with Crippen molar-refractivity contribution in [2.45, 2.75) is 290 Å². The van der Waals surface area contributed by atoms with Crippen molar-refractivity contribution in [2.24, 2.45) is 5.73 Å². The van der Waals surface area contributed by atoms with Crippen LogP contribution in [0.25, 0.3) is 0 Å². The fraction of sp³-hybridized carbons (Fsp3) is 0.653. The van der Waals surface area contributed by atoms with Gasteiger partial charge in [0.2, 0.25) is 0 Å². The van der Waals surface area contributed by atoms with Gasteiger partial charge in [-0.15, -0.1) is 0 Å². The molecule has 0 aliphatic carbocycles. The summed E-state index contributed by atoms with van der Waals surface area (Å²) in [6.45, 7) is 3.52. The van der Waals surface area contributed by atoms with Gasteiger partial charge in [0, 0.05) is 19.4 Å². The molecule has 0 fully saturated rings. The lowest BCUT2D eigenvalue weighted by Crippen LogP contribution is -2.29. The second-order valence-electron chi connectivity index (χ2n) is 22.3. The number of phosphoric ester groups is 1. The molecule has 3 N–H and O–H groups in total. The van der Waals surface area contributed by atoms with Gasteiger partial charge in [-0.2, -0.15) is 0 Å². The molecule has 0 aromatic carbocycles. The van der Waals surface area contributed by atoms with Gasteiger partial charge in [0.1, 0.15) is 6.61 Å². The van der Waals surface area contributed by atoms with E-state index in [1.54, 1.807) is 0 Å². The third-order valence-electron chi connectivity index (χ3n) is 14.2. The highest BCUT2D eigenvalue weighted by Gasteiger charge is 2.26. The molecule has 0 rings (SSSR count). The summed E-state index contributed by atoms with van der Waals surface area (Å²) >= 11 is 0. The number of hydrogen-bond acceptors (Lipinski definition) is 8. The molecule has 0 radical (unpaired) electrons. The maximum atomic E-state index is 12.8.